The van der Waals surface area contributed by atoms with Gasteiger partial charge in [-0.05, 0) is 49.6 Å². The quantitative estimate of drug-likeness (QED) is 0.714. The number of nitrogens with two attached hydrogens (primary N) is 1. The van der Waals surface area contributed by atoms with Gasteiger partial charge in [-0.1, -0.05) is 62.4 Å². The summed E-state index contributed by atoms with van der Waals surface area (Å²) in [5.74, 6) is 1.94. The van der Waals surface area contributed by atoms with E-state index in [4.69, 9.17) is 5.73 Å². The number of unbranched alkanes of at least 4 members (excludes halogenated alkanes) is 2. The summed E-state index contributed by atoms with van der Waals surface area (Å²) < 4.78 is 0. The van der Waals surface area contributed by atoms with Gasteiger partial charge in [-0.25, -0.2) is 0 Å². The molecule has 0 aromatic heterocycles. The molecule has 0 unspecified atom stereocenters. The summed E-state index contributed by atoms with van der Waals surface area (Å²) in [5, 5.41) is 0. The molecule has 0 radical (unpaired) electrons. The zero-order chi connectivity index (χ0) is 13.3. The zero-order valence-corrected chi connectivity index (χ0v) is 12.2. The third kappa shape index (κ3) is 5.36. The van der Waals surface area contributed by atoms with Crippen LogP contribution in [0.3, 0.4) is 0 Å². The Balaban J connectivity index is 1.62. The molecule has 2 N–H and O–H groups in total. The van der Waals surface area contributed by atoms with E-state index in [2.05, 4.69) is 30.3 Å². The third-order valence-corrected chi connectivity index (χ3v) is 4.65. The van der Waals surface area contributed by atoms with Gasteiger partial charge in [-0.3, -0.25) is 0 Å². The molecule has 1 fully saturated rings. The van der Waals surface area contributed by atoms with E-state index in [9.17, 15) is 0 Å². The highest BCUT2D eigenvalue weighted by molar-refractivity contribution is 5.15. The largest absolute Gasteiger partial charge is 0.330 e. The van der Waals surface area contributed by atoms with Crippen molar-refractivity contribution in [1.29, 1.82) is 0 Å². The highest BCUT2D eigenvalue weighted by Gasteiger charge is 2.20. The lowest BCUT2D eigenvalue weighted by atomic mass is 9.77. The SMILES string of the molecule is NCCCCCC1CCC(Cc2ccccc2)CC1. The Morgan fingerprint density at radius 3 is 2.21 bits per heavy atom. The van der Waals surface area contributed by atoms with Gasteiger partial charge in [0.15, 0.2) is 0 Å². The van der Waals surface area contributed by atoms with Gasteiger partial charge >= 0.3 is 0 Å². The summed E-state index contributed by atoms with van der Waals surface area (Å²) in [4.78, 5) is 0. The van der Waals surface area contributed by atoms with E-state index in [1.54, 1.807) is 0 Å². The minimum atomic E-state index is 0.865. The molecule has 19 heavy (non-hydrogen) atoms. The molecule has 1 aliphatic rings. The molecule has 0 amide bonds. The van der Waals surface area contributed by atoms with Crippen LogP contribution in [0.4, 0.5) is 0 Å². The van der Waals surface area contributed by atoms with Crippen LogP contribution >= 0.6 is 0 Å². The van der Waals surface area contributed by atoms with E-state index in [0.29, 0.717) is 0 Å². The van der Waals surface area contributed by atoms with E-state index in [1.807, 2.05) is 0 Å². The fourth-order valence-corrected chi connectivity index (χ4v) is 3.43. The first-order valence-electron chi connectivity index (χ1n) is 8.12. The molecular weight excluding hydrogens is 230 g/mol. The van der Waals surface area contributed by atoms with Crippen molar-refractivity contribution < 1.29 is 0 Å². The molecular formula is C18H29N. The third-order valence-electron chi connectivity index (χ3n) is 4.65. The Hall–Kier alpha value is -0.820. The molecule has 1 aliphatic carbocycles. The fraction of sp³-hybridized carbons (Fsp3) is 0.667. The summed E-state index contributed by atoms with van der Waals surface area (Å²) in [5.41, 5.74) is 7.06. The number of hydrogen-bond donors (Lipinski definition) is 1. The van der Waals surface area contributed by atoms with Gasteiger partial charge in [-0.15, -0.1) is 0 Å². The van der Waals surface area contributed by atoms with Crippen LogP contribution in [0.15, 0.2) is 30.3 Å². The fourth-order valence-electron chi connectivity index (χ4n) is 3.43. The highest BCUT2D eigenvalue weighted by atomic mass is 14.5. The Labute approximate surface area is 118 Å². The number of benzene rings is 1. The summed E-state index contributed by atoms with van der Waals surface area (Å²) in [7, 11) is 0. The second kappa shape index (κ2) is 8.37. The van der Waals surface area contributed by atoms with Crippen molar-refractivity contribution in [3.8, 4) is 0 Å². The molecule has 0 saturated heterocycles. The van der Waals surface area contributed by atoms with Crippen molar-refractivity contribution in [2.24, 2.45) is 17.6 Å². The van der Waals surface area contributed by atoms with Crippen molar-refractivity contribution in [1.82, 2.24) is 0 Å². The Kier molecular flexibility index (Phi) is 6.43. The Morgan fingerprint density at radius 1 is 0.842 bits per heavy atom. The maximum absolute atomic E-state index is 5.54. The highest BCUT2D eigenvalue weighted by Crippen LogP contribution is 2.33. The lowest BCUT2D eigenvalue weighted by Gasteiger charge is -2.28. The number of rotatable bonds is 7. The first kappa shape index (κ1) is 14.6. The standard InChI is InChI=1S/C18H29N/c19-14-6-2-5-7-16-10-12-18(13-11-16)15-17-8-3-1-4-9-17/h1,3-4,8-9,16,18H,2,5-7,10-15,19H2. The molecule has 0 atom stereocenters. The zero-order valence-electron chi connectivity index (χ0n) is 12.2. The number of hydrogen-bond acceptors (Lipinski definition) is 1. The lowest BCUT2D eigenvalue weighted by molar-refractivity contribution is 0.257. The van der Waals surface area contributed by atoms with Crippen molar-refractivity contribution in [2.45, 2.75) is 57.8 Å². The van der Waals surface area contributed by atoms with Crippen LogP contribution < -0.4 is 5.73 Å². The van der Waals surface area contributed by atoms with Gasteiger partial charge in [0.25, 0.3) is 0 Å². The van der Waals surface area contributed by atoms with Crippen molar-refractivity contribution in [2.75, 3.05) is 6.54 Å². The van der Waals surface area contributed by atoms with Crippen molar-refractivity contribution in [3.63, 3.8) is 0 Å². The van der Waals surface area contributed by atoms with Crippen molar-refractivity contribution in [3.05, 3.63) is 35.9 Å². The van der Waals surface area contributed by atoms with Gasteiger partial charge in [0.2, 0.25) is 0 Å². The summed E-state index contributed by atoms with van der Waals surface area (Å²) in [6.45, 7) is 0.865. The van der Waals surface area contributed by atoms with Gasteiger partial charge in [0, 0.05) is 0 Å². The predicted molar refractivity (Wildman–Crippen MR) is 83.1 cm³/mol. The van der Waals surface area contributed by atoms with Crippen LogP contribution in [0.2, 0.25) is 0 Å². The smallest absolute Gasteiger partial charge is 0.00773 e. The average molecular weight is 259 g/mol. The van der Waals surface area contributed by atoms with Crippen LogP contribution in [0.25, 0.3) is 0 Å². The monoisotopic (exact) mass is 259 g/mol. The first-order chi connectivity index (χ1) is 9.38. The predicted octanol–water partition coefficient (Wildman–Crippen LogP) is 4.55. The minimum absolute atomic E-state index is 0.865. The molecule has 1 aromatic carbocycles. The van der Waals surface area contributed by atoms with Crippen LogP contribution in [0, 0.1) is 11.8 Å². The first-order valence-corrected chi connectivity index (χ1v) is 8.12. The van der Waals surface area contributed by atoms with Crippen LogP contribution in [-0.2, 0) is 6.42 Å². The maximum atomic E-state index is 5.54. The maximum Gasteiger partial charge on any atom is -0.00773 e. The summed E-state index contributed by atoms with van der Waals surface area (Å²) in [6.07, 6.45) is 12.5. The Morgan fingerprint density at radius 2 is 1.53 bits per heavy atom. The van der Waals surface area contributed by atoms with E-state index >= 15 is 0 Å². The van der Waals surface area contributed by atoms with Crippen LogP contribution in [-0.4, -0.2) is 6.54 Å². The summed E-state index contributed by atoms with van der Waals surface area (Å²) in [6, 6.07) is 11.0. The molecule has 0 spiro atoms. The van der Waals surface area contributed by atoms with E-state index in [1.165, 1.54) is 63.4 Å². The molecule has 1 saturated carbocycles. The van der Waals surface area contributed by atoms with Crippen molar-refractivity contribution >= 4 is 0 Å². The molecule has 0 heterocycles. The van der Waals surface area contributed by atoms with Gasteiger partial charge in [0.1, 0.15) is 0 Å². The van der Waals surface area contributed by atoms with E-state index in [-0.39, 0.29) is 0 Å². The molecule has 106 valence electrons. The summed E-state index contributed by atoms with van der Waals surface area (Å²) >= 11 is 0. The minimum Gasteiger partial charge on any atom is -0.330 e. The normalized spacial score (nSPS) is 23.4. The second-order valence-corrected chi connectivity index (χ2v) is 6.21. The van der Waals surface area contributed by atoms with E-state index in [0.717, 1.165) is 18.4 Å². The molecule has 2 rings (SSSR count). The van der Waals surface area contributed by atoms with Crippen LogP contribution in [0.1, 0.15) is 56.9 Å². The average Bonchev–Trinajstić information content (AvgIpc) is 2.46. The Bertz CT molecular complexity index is 325. The van der Waals surface area contributed by atoms with E-state index < -0.39 is 0 Å². The van der Waals surface area contributed by atoms with Gasteiger partial charge in [-0.2, -0.15) is 0 Å². The van der Waals surface area contributed by atoms with Gasteiger partial charge in [0.05, 0.1) is 0 Å². The second-order valence-electron chi connectivity index (χ2n) is 6.21. The lowest BCUT2D eigenvalue weighted by Crippen LogP contribution is -2.16. The molecule has 1 aromatic rings. The topological polar surface area (TPSA) is 26.0 Å². The molecule has 0 aliphatic heterocycles. The molecule has 0 bridgehead atoms. The molecule has 1 heteroatoms. The van der Waals surface area contributed by atoms with Crippen LogP contribution in [0.5, 0.6) is 0 Å². The van der Waals surface area contributed by atoms with Gasteiger partial charge < -0.3 is 5.73 Å². The molecule has 1 nitrogen and oxygen atoms in total.